The van der Waals surface area contributed by atoms with Gasteiger partial charge in [0.2, 0.25) is 0 Å². The van der Waals surface area contributed by atoms with E-state index in [4.69, 9.17) is 10.5 Å². The van der Waals surface area contributed by atoms with Crippen molar-refractivity contribution in [3.05, 3.63) is 29.8 Å². The van der Waals surface area contributed by atoms with Crippen molar-refractivity contribution in [2.75, 3.05) is 0 Å². The minimum Gasteiger partial charge on any atom is -0.490 e. The molecule has 0 saturated heterocycles. The van der Waals surface area contributed by atoms with Crippen LogP contribution in [0.3, 0.4) is 0 Å². The number of nitrogens with zero attached hydrogens (tertiary/aromatic N) is 1. The number of thiocarbonyl (C=S) groups is 1. The molecule has 5 heteroatoms. The van der Waals surface area contributed by atoms with Crippen molar-refractivity contribution in [1.29, 1.82) is 0 Å². The maximum absolute atomic E-state index is 5.77. The molecular formula is C12H17N3OS. The second-order valence-electron chi connectivity index (χ2n) is 3.61. The monoisotopic (exact) mass is 251 g/mol. The summed E-state index contributed by atoms with van der Waals surface area (Å²) in [7, 11) is 0. The van der Waals surface area contributed by atoms with Crippen LogP contribution in [0.4, 0.5) is 0 Å². The third-order valence-corrected chi connectivity index (χ3v) is 2.29. The molecule has 1 atom stereocenters. The predicted octanol–water partition coefficient (Wildman–Crippen LogP) is 2.03. The Balaban J connectivity index is 2.77. The fourth-order valence-corrected chi connectivity index (χ4v) is 1.21. The zero-order chi connectivity index (χ0) is 12.7. The molecule has 0 unspecified atom stereocenters. The van der Waals surface area contributed by atoms with Gasteiger partial charge in [0.05, 0.1) is 12.3 Å². The Labute approximate surface area is 107 Å². The van der Waals surface area contributed by atoms with Gasteiger partial charge in [-0.15, -0.1) is 0 Å². The van der Waals surface area contributed by atoms with Gasteiger partial charge in [0.25, 0.3) is 0 Å². The summed E-state index contributed by atoms with van der Waals surface area (Å²) in [5.74, 6) is 0.801. The maximum atomic E-state index is 5.77. The van der Waals surface area contributed by atoms with Crippen LogP contribution < -0.4 is 15.9 Å². The van der Waals surface area contributed by atoms with Gasteiger partial charge in [-0.2, -0.15) is 5.10 Å². The van der Waals surface area contributed by atoms with E-state index in [0.717, 1.165) is 17.7 Å². The topological polar surface area (TPSA) is 59.6 Å². The summed E-state index contributed by atoms with van der Waals surface area (Å²) in [6.45, 7) is 4.11. The third kappa shape index (κ3) is 4.82. The minimum atomic E-state index is 0.140. The number of nitrogens with one attached hydrogen (secondary N) is 1. The van der Waals surface area contributed by atoms with Crippen LogP contribution in [-0.4, -0.2) is 17.4 Å². The van der Waals surface area contributed by atoms with Gasteiger partial charge in [-0.1, -0.05) is 19.1 Å². The van der Waals surface area contributed by atoms with Gasteiger partial charge in [0.1, 0.15) is 5.75 Å². The number of hydrogen-bond donors (Lipinski definition) is 2. The lowest BCUT2D eigenvalue weighted by Crippen LogP contribution is -2.24. The molecule has 0 radical (unpaired) electrons. The van der Waals surface area contributed by atoms with Crippen molar-refractivity contribution < 1.29 is 4.74 Å². The molecule has 0 aliphatic rings. The third-order valence-electron chi connectivity index (χ3n) is 2.20. The van der Waals surface area contributed by atoms with Crippen molar-refractivity contribution in [2.24, 2.45) is 10.8 Å². The Kier molecular flexibility index (Phi) is 5.42. The molecule has 0 saturated carbocycles. The van der Waals surface area contributed by atoms with Gasteiger partial charge in [0.15, 0.2) is 5.11 Å². The molecule has 0 heterocycles. The largest absolute Gasteiger partial charge is 0.490 e. The molecular weight excluding hydrogens is 234 g/mol. The lowest BCUT2D eigenvalue weighted by molar-refractivity contribution is 0.217. The van der Waals surface area contributed by atoms with Crippen LogP contribution in [0.2, 0.25) is 0 Å². The average Bonchev–Trinajstić information content (AvgIpc) is 2.30. The zero-order valence-corrected chi connectivity index (χ0v) is 10.8. The summed E-state index contributed by atoms with van der Waals surface area (Å²) < 4.78 is 5.77. The first kappa shape index (κ1) is 13.4. The average molecular weight is 251 g/mol. The van der Waals surface area contributed by atoms with E-state index in [9.17, 15) is 0 Å². The Morgan fingerprint density at radius 3 is 2.94 bits per heavy atom. The Morgan fingerprint density at radius 2 is 2.29 bits per heavy atom. The van der Waals surface area contributed by atoms with Crippen molar-refractivity contribution >= 4 is 23.5 Å². The fraction of sp³-hybridized carbons (Fsp3) is 0.333. The van der Waals surface area contributed by atoms with Gasteiger partial charge in [-0.3, -0.25) is 5.43 Å². The van der Waals surface area contributed by atoms with E-state index in [1.165, 1.54) is 0 Å². The standard InChI is InChI=1S/C12H17N3OS/c1-3-9(2)16-11-7-5-4-6-10(11)8-14-15-12(13)17/h4-9H,3H2,1-2H3,(H3,13,15,17)/b14-8+/t9-/m0/s1. The van der Waals surface area contributed by atoms with E-state index in [-0.39, 0.29) is 11.2 Å². The summed E-state index contributed by atoms with van der Waals surface area (Å²) in [6, 6.07) is 7.68. The normalized spacial score (nSPS) is 12.4. The second kappa shape index (κ2) is 6.85. The molecule has 1 rings (SSSR count). The second-order valence-corrected chi connectivity index (χ2v) is 4.05. The summed E-state index contributed by atoms with van der Waals surface area (Å²) in [4.78, 5) is 0. The molecule has 0 bridgehead atoms. The number of benzene rings is 1. The Bertz CT molecular complexity index is 406. The highest BCUT2D eigenvalue weighted by Crippen LogP contribution is 2.18. The van der Waals surface area contributed by atoms with Crippen LogP contribution in [0.1, 0.15) is 25.8 Å². The van der Waals surface area contributed by atoms with E-state index in [1.807, 2.05) is 31.2 Å². The van der Waals surface area contributed by atoms with Crippen LogP contribution in [-0.2, 0) is 0 Å². The van der Waals surface area contributed by atoms with Crippen LogP contribution in [0, 0.1) is 0 Å². The van der Waals surface area contributed by atoms with E-state index in [1.54, 1.807) is 6.21 Å². The van der Waals surface area contributed by atoms with Crippen molar-refractivity contribution in [3.63, 3.8) is 0 Å². The first-order chi connectivity index (χ1) is 8.13. The molecule has 0 aliphatic carbocycles. The van der Waals surface area contributed by atoms with Crippen LogP contribution >= 0.6 is 12.2 Å². The lowest BCUT2D eigenvalue weighted by Gasteiger charge is -2.14. The number of hydrogen-bond acceptors (Lipinski definition) is 3. The zero-order valence-electron chi connectivity index (χ0n) is 10.0. The summed E-state index contributed by atoms with van der Waals surface area (Å²) in [5.41, 5.74) is 8.67. The van der Waals surface area contributed by atoms with Crippen molar-refractivity contribution in [3.8, 4) is 5.75 Å². The van der Waals surface area contributed by atoms with E-state index in [0.29, 0.717) is 0 Å². The molecule has 17 heavy (non-hydrogen) atoms. The number of nitrogens with two attached hydrogens (primary N) is 1. The quantitative estimate of drug-likeness (QED) is 0.477. The summed E-state index contributed by atoms with van der Waals surface area (Å²) >= 11 is 4.65. The summed E-state index contributed by atoms with van der Waals surface area (Å²) in [5, 5.41) is 4.05. The predicted molar refractivity (Wildman–Crippen MR) is 74.3 cm³/mol. The Morgan fingerprint density at radius 1 is 1.59 bits per heavy atom. The van der Waals surface area contributed by atoms with E-state index in [2.05, 4.69) is 29.7 Å². The van der Waals surface area contributed by atoms with Gasteiger partial charge in [0, 0.05) is 5.56 Å². The SMILES string of the molecule is CC[C@H](C)Oc1ccccc1/C=N/NC(N)=S. The van der Waals surface area contributed by atoms with Gasteiger partial charge < -0.3 is 10.5 Å². The lowest BCUT2D eigenvalue weighted by atomic mass is 10.2. The number of para-hydroxylation sites is 1. The van der Waals surface area contributed by atoms with Gasteiger partial charge >= 0.3 is 0 Å². The number of ether oxygens (including phenoxy) is 1. The first-order valence-electron chi connectivity index (χ1n) is 5.47. The molecule has 0 aliphatic heterocycles. The highest BCUT2D eigenvalue weighted by atomic mass is 32.1. The van der Waals surface area contributed by atoms with E-state index < -0.39 is 0 Å². The first-order valence-corrected chi connectivity index (χ1v) is 5.88. The highest BCUT2D eigenvalue weighted by molar-refractivity contribution is 7.80. The molecule has 0 amide bonds. The fourth-order valence-electron chi connectivity index (χ4n) is 1.16. The molecule has 1 aromatic rings. The van der Waals surface area contributed by atoms with Gasteiger partial charge in [-0.05, 0) is 37.7 Å². The molecule has 1 aromatic carbocycles. The molecule has 0 aromatic heterocycles. The highest BCUT2D eigenvalue weighted by Gasteiger charge is 2.04. The molecule has 0 spiro atoms. The Hall–Kier alpha value is -1.62. The van der Waals surface area contributed by atoms with Crippen LogP contribution in [0.15, 0.2) is 29.4 Å². The van der Waals surface area contributed by atoms with Crippen molar-refractivity contribution in [1.82, 2.24) is 5.43 Å². The van der Waals surface area contributed by atoms with Crippen molar-refractivity contribution in [2.45, 2.75) is 26.4 Å². The molecule has 0 fully saturated rings. The summed E-state index contributed by atoms with van der Waals surface area (Å²) in [6.07, 6.45) is 2.76. The van der Waals surface area contributed by atoms with Gasteiger partial charge in [-0.25, -0.2) is 0 Å². The molecule has 3 N–H and O–H groups in total. The smallest absolute Gasteiger partial charge is 0.184 e. The minimum absolute atomic E-state index is 0.140. The molecule has 92 valence electrons. The number of hydrazone groups is 1. The van der Waals surface area contributed by atoms with Crippen LogP contribution in [0.25, 0.3) is 0 Å². The molecule has 4 nitrogen and oxygen atoms in total. The van der Waals surface area contributed by atoms with Crippen LogP contribution in [0.5, 0.6) is 5.75 Å². The number of rotatable bonds is 5. The maximum Gasteiger partial charge on any atom is 0.184 e. The van der Waals surface area contributed by atoms with E-state index >= 15 is 0 Å².